The molecule has 1 aliphatic carbocycles. The van der Waals surface area contributed by atoms with Crippen LogP contribution in [0.2, 0.25) is 0 Å². The average Bonchev–Trinajstić information content (AvgIpc) is 2.17. The summed E-state index contributed by atoms with van der Waals surface area (Å²) in [5.41, 5.74) is 2.46. The molecule has 0 aromatic carbocycles. The molecule has 1 aromatic rings. The molecule has 0 N–H and O–H groups in total. The van der Waals surface area contributed by atoms with Gasteiger partial charge >= 0.3 is 0 Å². The number of fused-ring (bicyclic) bond motifs is 1. The number of hydrogen-bond acceptors (Lipinski definition) is 3. The molecule has 3 heteroatoms. The Hall–Kier alpha value is -0.410. The highest BCUT2D eigenvalue weighted by Gasteiger charge is 2.08. The van der Waals surface area contributed by atoms with Crippen LogP contribution in [0, 0.1) is 0 Å². The summed E-state index contributed by atoms with van der Waals surface area (Å²) < 4.78 is 0. The number of rotatable bonds is 1. The van der Waals surface area contributed by atoms with Crippen molar-refractivity contribution in [3.63, 3.8) is 0 Å². The lowest BCUT2D eigenvalue weighted by Crippen LogP contribution is -1.98. The van der Waals surface area contributed by atoms with Gasteiger partial charge in [0.15, 0.2) is 0 Å². The molecule has 0 radical (unpaired) electrons. The minimum absolute atomic E-state index is 1.06. The van der Waals surface area contributed by atoms with Crippen molar-refractivity contribution in [3.8, 4) is 0 Å². The molecule has 12 heavy (non-hydrogen) atoms. The van der Waals surface area contributed by atoms with Crippen molar-refractivity contribution in [2.45, 2.75) is 17.7 Å². The Bertz CT molecular complexity index is 320. The highest BCUT2D eigenvalue weighted by molar-refractivity contribution is 8.68. The summed E-state index contributed by atoms with van der Waals surface area (Å²) in [5, 5.41) is 0. The van der Waals surface area contributed by atoms with Gasteiger partial charge < -0.3 is 0 Å². The third kappa shape index (κ3) is 1.39. The van der Waals surface area contributed by atoms with Crippen LogP contribution in [0.15, 0.2) is 23.2 Å². The molecule has 0 unspecified atom stereocenters. The predicted molar refractivity (Wildman–Crippen MR) is 56.4 cm³/mol. The van der Waals surface area contributed by atoms with Crippen LogP contribution in [-0.2, 0) is 6.42 Å². The number of nitrogens with zero attached hydrogens (tertiary/aromatic N) is 1. The standard InChI is InChI=1S/C9H9NS2/c11-12-9-5-6-10-8-4-2-1-3-7(8)9/h1,3,5-6,11H,2,4H2. The Balaban J connectivity index is 2.54. The van der Waals surface area contributed by atoms with Crippen LogP contribution in [0.3, 0.4) is 0 Å². The summed E-state index contributed by atoms with van der Waals surface area (Å²) in [5.74, 6) is 0. The summed E-state index contributed by atoms with van der Waals surface area (Å²) in [6, 6.07) is 2.01. The van der Waals surface area contributed by atoms with Crippen molar-refractivity contribution in [1.82, 2.24) is 4.98 Å². The fourth-order valence-corrected chi connectivity index (χ4v) is 2.26. The first-order valence-electron chi connectivity index (χ1n) is 3.87. The lowest BCUT2D eigenvalue weighted by molar-refractivity contribution is 0.914. The Morgan fingerprint density at radius 1 is 1.50 bits per heavy atom. The molecular weight excluding hydrogens is 186 g/mol. The first kappa shape index (κ1) is 8.20. The molecule has 0 bridgehead atoms. The largest absolute Gasteiger partial charge is 0.261 e. The molecule has 2 rings (SSSR count). The van der Waals surface area contributed by atoms with E-state index in [0.717, 1.165) is 12.8 Å². The average molecular weight is 195 g/mol. The maximum atomic E-state index is 4.33. The molecule has 0 atom stereocenters. The molecule has 0 amide bonds. The van der Waals surface area contributed by atoms with Crippen LogP contribution >= 0.6 is 22.5 Å². The monoisotopic (exact) mass is 195 g/mol. The number of aromatic nitrogens is 1. The normalized spacial score (nSPS) is 14.4. The van der Waals surface area contributed by atoms with Crippen molar-refractivity contribution in [2.24, 2.45) is 0 Å². The molecule has 0 aliphatic heterocycles. The van der Waals surface area contributed by atoms with E-state index in [0.29, 0.717) is 0 Å². The highest BCUT2D eigenvalue weighted by Crippen LogP contribution is 2.30. The van der Waals surface area contributed by atoms with E-state index in [9.17, 15) is 0 Å². The van der Waals surface area contributed by atoms with Gasteiger partial charge in [-0.25, -0.2) is 0 Å². The lowest BCUT2D eigenvalue weighted by Gasteiger charge is -2.11. The molecule has 1 nitrogen and oxygen atoms in total. The maximum absolute atomic E-state index is 4.33. The second-order valence-corrected chi connectivity index (χ2v) is 3.87. The highest BCUT2D eigenvalue weighted by atomic mass is 33.1. The summed E-state index contributed by atoms with van der Waals surface area (Å²) in [7, 11) is 1.49. The van der Waals surface area contributed by atoms with Crippen molar-refractivity contribution >= 4 is 28.5 Å². The van der Waals surface area contributed by atoms with Gasteiger partial charge in [0.05, 0.1) is 0 Å². The van der Waals surface area contributed by atoms with Gasteiger partial charge in [0, 0.05) is 22.3 Å². The Labute approximate surface area is 81.1 Å². The van der Waals surface area contributed by atoms with Crippen LogP contribution in [0.25, 0.3) is 6.08 Å². The zero-order valence-electron chi connectivity index (χ0n) is 6.53. The second-order valence-electron chi connectivity index (χ2n) is 2.70. The van der Waals surface area contributed by atoms with E-state index in [4.69, 9.17) is 0 Å². The van der Waals surface area contributed by atoms with Crippen LogP contribution in [-0.4, -0.2) is 4.98 Å². The van der Waals surface area contributed by atoms with E-state index in [1.54, 1.807) is 0 Å². The Kier molecular flexibility index (Phi) is 2.42. The molecule has 1 aromatic heterocycles. The zero-order valence-corrected chi connectivity index (χ0v) is 8.24. The van der Waals surface area contributed by atoms with Gasteiger partial charge in [-0.2, -0.15) is 0 Å². The summed E-state index contributed by atoms with van der Waals surface area (Å²) in [6.45, 7) is 0. The van der Waals surface area contributed by atoms with Crippen molar-refractivity contribution in [1.29, 1.82) is 0 Å². The lowest BCUT2D eigenvalue weighted by atomic mass is 10.0. The van der Waals surface area contributed by atoms with E-state index < -0.39 is 0 Å². The third-order valence-electron chi connectivity index (χ3n) is 1.96. The van der Waals surface area contributed by atoms with Gasteiger partial charge in [0.2, 0.25) is 0 Å². The number of thiol groups is 1. The maximum Gasteiger partial charge on any atom is 0.0490 e. The van der Waals surface area contributed by atoms with Gasteiger partial charge in [-0.1, -0.05) is 22.9 Å². The van der Waals surface area contributed by atoms with Crippen LogP contribution in [0.5, 0.6) is 0 Å². The van der Waals surface area contributed by atoms with E-state index in [2.05, 4.69) is 28.8 Å². The first-order chi connectivity index (χ1) is 5.92. The topological polar surface area (TPSA) is 12.9 Å². The predicted octanol–water partition coefficient (Wildman–Crippen LogP) is 2.98. The SMILES string of the molecule is SSc1ccnc2c1C=CCC2. The minimum atomic E-state index is 1.06. The summed E-state index contributed by atoms with van der Waals surface area (Å²) in [6.07, 6.45) is 8.37. The minimum Gasteiger partial charge on any atom is -0.261 e. The molecule has 0 spiro atoms. The van der Waals surface area contributed by atoms with E-state index in [1.165, 1.54) is 26.9 Å². The van der Waals surface area contributed by atoms with Crippen molar-refractivity contribution < 1.29 is 0 Å². The molecule has 1 heterocycles. The Morgan fingerprint density at radius 2 is 2.42 bits per heavy atom. The third-order valence-corrected chi connectivity index (χ3v) is 3.11. The first-order valence-corrected chi connectivity index (χ1v) is 5.74. The zero-order chi connectivity index (χ0) is 8.39. The molecular formula is C9H9NS2. The van der Waals surface area contributed by atoms with E-state index in [-0.39, 0.29) is 0 Å². The van der Waals surface area contributed by atoms with E-state index >= 15 is 0 Å². The van der Waals surface area contributed by atoms with Gasteiger partial charge in [0.1, 0.15) is 0 Å². The molecule has 0 fully saturated rings. The van der Waals surface area contributed by atoms with Gasteiger partial charge in [0.25, 0.3) is 0 Å². The van der Waals surface area contributed by atoms with Crippen molar-refractivity contribution in [2.75, 3.05) is 0 Å². The number of allylic oxidation sites excluding steroid dienone is 1. The van der Waals surface area contributed by atoms with Gasteiger partial charge in [-0.15, -0.1) is 11.7 Å². The van der Waals surface area contributed by atoms with E-state index in [1.807, 2.05) is 12.3 Å². The smallest absolute Gasteiger partial charge is 0.0490 e. The quantitative estimate of drug-likeness (QED) is 0.546. The van der Waals surface area contributed by atoms with Crippen LogP contribution in [0.1, 0.15) is 17.7 Å². The molecule has 62 valence electrons. The van der Waals surface area contributed by atoms with Gasteiger partial charge in [-0.05, 0) is 18.9 Å². The molecule has 0 saturated heterocycles. The summed E-state index contributed by atoms with van der Waals surface area (Å²) in [4.78, 5) is 5.54. The fourth-order valence-electron chi connectivity index (χ4n) is 1.37. The fraction of sp³-hybridized carbons (Fsp3) is 0.222. The summed E-state index contributed by atoms with van der Waals surface area (Å²) >= 11 is 4.20. The molecule has 1 aliphatic rings. The van der Waals surface area contributed by atoms with Crippen LogP contribution in [0.4, 0.5) is 0 Å². The number of hydrogen-bond donors (Lipinski definition) is 1. The number of pyridine rings is 1. The Morgan fingerprint density at radius 3 is 3.25 bits per heavy atom. The molecule has 0 saturated carbocycles. The number of aryl methyl sites for hydroxylation is 1. The second kappa shape index (κ2) is 3.54. The van der Waals surface area contributed by atoms with Gasteiger partial charge in [-0.3, -0.25) is 4.98 Å². The van der Waals surface area contributed by atoms with Crippen LogP contribution < -0.4 is 0 Å². The van der Waals surface area contributed by atoms with Crippen molar-refractivity contribution in [3.05, 3.63) is 29.6 Å².